The molecule has 2 aromatic carbocycles. The largest absolute Gasteiger partial charge is 0.457 e. The van der Waals surface area contributed by atoms with Gasteiger partial charge in [0.25, 0.3) is 0 Å². The van der Waals surface area contributed by atoms with E-state index >= 15 is 0 Å². The lowest BCUT2D eigenvalue weighted by atomic mass is 10.0. The van der Waals surface area contributed by atoms with E-state index in [0.29, 0.717) is 0 Å². The summed E-state index contributed by atoms with van der Waals surface area (Å²) in [4.78, 5) is 11.3. The van der Waals surface area contributed by atoms with E-state index in [9.17, 15) is 4.79 Å². The maximum atomic E-state index is 11.2. The van der Waals surface area contributed by atoms with Crippen molar-refractivity contribution in [2.45, 2.75) is 6.61 Å². The third-order valence-electron chi connectivity index (χ3n) is 2.67. The highest BCUT2D eigenvalue weighted by Gasteiger charge is 2.04. The predicted molar refractivity (Wildman–Crippen MR) is 79.8 cm³/mol. The monoisotopic (exact) mass is 270 g/mol. The Balaban J connectivity index is 2.03. The Morgan fingerprint density at radius 2 is 1.58 bits per heavy atom. The first-order valence-electron chi connectivity index (χ1n) is 5.86. The maximum absolute atomic E-state index is 11.2. The smallest absolute Gasteiger partial charge is 0.344 e. The highest BCUT2D eigenvalue weighted by molar-refractivity contribution is 7.85. The number of hydrogen-bond donors (Lipinski definition) is 1. The van der Waals surface area contributed by atoms with Gasteiger partial charge in [0.1, 0.15) is 6.61 Å². The van der Waals surface area contributed by atoms with Crippen LogP contribution >= 0.6 is 12.6 Å². The Labute approximate surface area is 118 Å². The van der Waals surface area contributed by atoms with Gasteiger partial charge in [0, 0.05) is 0 Å². The first-order chi connectivity index (χ1) is 9.16. The molecule has 3 heteroatoms. The number of hydrogen-bond acceptors (Lipinski definition) is 3. The molecule has 0 aliphatic carbocycles. The molecule has 19 heavy (non-hydrogen) atoms. The van der Waals surface area contributed by atoms with Crippen LogP contribution in [0.3, 0.4) is 0 Å². The van der Waals surface area contributed by atoms with Crippen LogP contribution in [0.25, 0.3) is 11.1 Å². The molecule has 0 aliphatic rings. The number of benzene rings is 2. The van der Waals surface area contributed by atoms with E-state index in [1.165, 1.54) is 0 Å². The molecule has 0 heterocycles. The van der Waals surface area contributed by atoms with Gasteiger partial charge in [-0.15, -0.1) is 12.6 Å². The van der Waals surface area contributed by atoms with Crippen molar-refractivity contribution in [1.29, 1.82) is 0 Å². The second-order valence-corrected chi connectivity index (χ2v) is 4.63. The lowest BCUT2D eigenvalue weighted by Crippen LogP contribution is -2.03. The van der Waals surface area contributed by atoms with Gasteiger partial charge in [0.2, 0.25) is 0 Å². The first-order valence-corrected chi connectivity index (χ1v) is 6.31. The van der Waals surface area contributed by atoms with Crippen molar-refractivity contribution >= 4 is 18.6 Å². The van der Waals surface area contributed by atoms with Crippen molar-refractivity contribution in [3.8, 4) is 11.1 Å². The van der Waals surface area contributed by atoms with Gasteiger partial charge in [-0.25, -0.2) is 4.79 Å². The number of carbonyl (C=O) groups is 1. The number of esters is 1. The quantitative estimate of drug-likeness (QED) is 0.519. The first kappa shape index (κ1) is 13.4. The number of ether oxygens (including phenoxy) is 1. The van der Waals surface area contributed by atoms with Crippen LogP contribution < -0.4 is 0 Å². The fraction of sp³-hybridized carbons (Fsp3) is 0.0625. The summed E-state index contributed by atoms with van der Waals surface area (Å²) in [6.45, 7) is 3.64. The fourth-order valence-electron chi connectivity index (χ4n) is 1.66. The second-order valence-electron chi connectivity index (χ2n) is 4.09. The lowest BCUT2D eigenvalue weighted by Gasteiger charge is -2.06. The Hall–Kier alpha value is -2.00. The zero-order chi connectivity index (χ0) is 13.7. The minimum atomic E-state index is -0.490. The van der Waals surface area contributed by atoms with Crippen LogP contribution in [0.1, 0.15) is 5.56 Å². The molecule has 96 valence electrons. The van der Waals surface area contributed by atoms with Crippen LogP contribution in [0.2, 0.25) is 0 Å². The Morgan fingerprint density at radius 3 is 2.16 bits per heavy atom. The molecule has 0 saturated heterocycles. The molecule has 0 N–H and O–H groups in total. The standard InChI is InChI=1S/C16H14O2S/c1-12(19)16(17)18-11-13-7-9-15(10-8-13)14-5-3-2-4-6-14/h2-10,19H,1,11H2. The van der Waals surface area contributed by atoms with Gasteiger partial charge in [0.05, 0.1) is 4.91 Å². The average molecular weight is 270 g/mol. The van der Waals surface area contributed by atoms with Crippen LogP contribution in [-0.2, 0) is 16.1 Å². The Kier molecular flexibility index (Phi) is 4.42. The molecule has 0 atom stereocenters. The topological polar surface area (TPSA) is 26.3 Å². The lowest BCUT2D eigenvalue weighted by molar-refractivity contribution is -0.139. The molecule has 0 fully saturated rings. The van der Waals surface area contributed by atoms with Crippen LogP contribution in [0.15, 0.2) is 66.1 Å². The van der Waals surface area contributed by atoms with Crippen molar-refractivity contribution in [1.82, 2.24) is 0 Å². The van der Waals surface area contributed by atoms with E-state index < -0.39 is 5.97 Å². The summed E-state index contributed by atoms with van der Waals surface area (Å²) in [7, 11) is 0. The predicted octanol–water partition coefficient (Wildman–Crippen LogP) is 3.84. The summed E-state index contributed by atoms with van der Waals surface area (Å²) >= 11 is 3.83. The van der Waals surface area contributed by atoms with Gasteiger partial charge in [-0.3, -0.25) is 0 Å². The van der Waals surface area contributed by atoms with E-state index in [4.69, 9.17) is 4.74 Å². The summed E-state index contributed by atoms with van der Waals surface area (Å²) in [6, 6.07) is 18.0. The summed E-state index contributed by atoms with van der Waals surface area (Å²) in [5.74, 6) is -0.490. The highest BCUT2D eigenvalue weighted by atomic mass is 32.1. The normalized spacial score (nSPS) is 9.95. The van der Waals surface area contributed by atoms with E-state index in [1.54, 1.807) is 0 Å². The minimum Gasteiger partial charge on any atom is -0.457 e. The van der Waals surface area contributed by atoms with Gasteiger partial charge in [0.15, 0.2) is 0 Å². The average Bonchev–Trinajstić information content (AvgIpc) is 2.46. The van der Waals surface area contributed by atoms with Gasteiger partial charge in [-0.05, 0) is 16.7 Å². The van der Waals surface area contributed by atoms with Crippen molar-refractivity contribution in [3.63, 3.8) is 0 Å². The molecule has 2 rings (SSSR count). The Bertz CT molecular complexity index is 573. The molecule has 0 amide bonds. The Morgan fingerprint density at radius 1 is 1.00 bits per heavy atom. The van der Waals surface area contributed by atoms with Crippen LogP contribution in [0, 0.1) is 0 Å². The molecule has 0 radical (unpaired) electrons. The maximum Gasteiger partial charge on any atom is 0.344 e. The second kappa shape index (κ2) is 6.25. The molecular weight excluding hydrogens is 256 g/mol. The molecule has 0 aromatic heterocycles. The van der Waals surface area contributed by atoms with Gasteiger partial charge in [-0.2, -0.15) is 0 Å². The minimum absolute atomic E-state index is 0.112. The van der Waals surface area contributed by atoms with Crippen molar-refractivity contribution in [2.75, 3.05) is 0 Å². The van der Waals surface area contributed by atoms with Gasteiger partial charge < -0.3 is 4.74 Å². The number of rotatable bonds is 4. The molecule has 0 bridgehead atoms. The van der Waals surface area contributed by atoms with E-state index in [-0.39, 0.29) is 11.5 Å². The molecule has 2 nitrogen and oxygen atoms in total. The van der Waals surface area contributed by atoms with Crippen LogP contribution in [-0.4, -0.2) is 5.97 Å². The molecular formula is C16H14O2S. The summed E-state index contributed by atoms with van der Waals surface area (Å²) < 4.78 is 5.02. The molecule has 0 spiro atoms. The molecule has 0 aliphatic heterocycles. The van der Waals surface area contributed by atoms with E-state index in [0.717, 1.165) is 16.7 Å². The van der Waals surface area contributed by atoms with E-state index in [1.807, 2.05) is 42.5 Å². The summed E-state index contributed by atoms with van der Waals surface area (Å²) in [6.07, 6.45) is 0. The van der Waals surface area contributed by atoms with Crippen molar-refractivity contribution in [2.24, 2.45) is 0 Å². The zero-order valence-corrected chi connectivity index (χ0v) is 11.3. The third kappa shape index (κ3) is 3.73. The van der Waals surface area contributed by atoms with Crippen LogP contribution in [0.4, 0.5) is 0 Å². The molecule has 0 saturated carbocycles. The summed E-state index contributed by atoms with van der Waals surface area (Å²) in [5, 5.41) is 0. The number of thiol groups is 1. The molecule has 2 aromatic rings. The van der Waals surface area contributed by atoms with E-state index in [2.05, 4.69) is 31.3 Å². The summed E-state index contributed by atoms with van der Waals surface area (Å²) in [5.41, 5.74) is 3.23. The highest BCUT2D eigenvalue weighted by Crippen LogP contribution is 2.19. The number of carbonyl (C=O) groups excluding carboxylic acids is 1. The van der Waals surface area contributed by atoms with Crippen molar-refractivity contribution < 1.29 is 9.53 Å². The van der Waals surface area contributed by atoms with Crippen molar-refractivity contribution in [3.05, 3.63) is 71.6 Å². The fourth-order valence-corrected chi connectivity index (χ4v) is 1.72. The zero-order valence-electron chi connectivity index (χ0n) is 10.4. The van der Waals surface area contributed by atoms with Crippen LogP contribution in [0.5, 0.6) is 0 Å². The third-order valence-corrected chi connectivity index (χ3v) is 2.85. The molecule has 0 unspecified atom stereocenters. The SMILES string of the molecule is C=C(S)C(=O)OCc1ccc(-c2ccccc2)cc1. The van der Waals surface area contributed by atoms with Gasteiger partial charge >= 0.3 is 5.97 Å². The van der Waals surface area contributed by atoms with Gasteiger partial charge in [-0.1, -0.05) is 61.2 Å².